The van der Waals surface area contributed by atoms with E-state index in [4.69, 9.17) is 4.74 Å². The number of carbonyl (C=O) groups excluding carboxylic acids is 1. The smallest absolute Gasteiger partial charge is 0.341 e. The van der Waals surface area contributed by atoms with Gasteiger partial charge in [0.25, 0.3) is 5.69 Å². The summed E-state index contributed by atoms with van der Waals surface area (Å²) in [6.45, 7) is 0. The number of nitro benzene ring substituents is 1. The molecule has 0 spiro atoms. The minimum absolute atomic E-state index is 0.106. The van der Waals surface area contributed by atoms with Crippen LogP contribution in [-0.2, 0) is 4.74 Å². The molecule has 0 fully saturated rings. The molecule has 7 heteroatoms. The van der Waals surface area contributed by atoms with Gasteiger partial charge in [-0.1, -0.05) is 0 Å². The maximum atomic E-state index is 11.4. The van der Waals surface area contributed by atoms with Crippen LogP contribution >= 0.6 is 22.6 Å². The Morgan fingerprint density at radius 2 is 2.06 bits per heavy atom. The van der Waals surface area contributed by atoms with Gasteiger partial charge in [-0.2, -0.15) is 0 Å². The van der Waals surface area contributed by atoms with Crippen LogP contribution in [0, 0.1) is 13.7 Å². The number of rotatable bonds is 3. The summed E-state index contributed by atoms with van der Waals surface area (Å²) in [5.41, 5.74) is 0.0603. The molecule has 0 amide bonds. The summed E-state index contributed by atoms with van der Waals surface area (Å²) in [7, 11) is 2.56. The van der Waals surface area contributed by atoms with E-state index in [0.717, 1.165) is 0 Å². The standard InChI is InChI=1S/C9H8INO5/c1-15-8-4-7(11(13)14)6(10)3-5(8)9(12)16-2/h3-4H,1-2H3. The Balaban J connectivity index is 3.37. The predicted molar refractivity (Wildman–Crippen MR) is 63.7 cm³/mol. The molecule has 0 radical (unpaired) electrons. The van der Waals surface area contributed by atoms with E-state index in [2.05, 4.69) is 4.74 Å². The molecule has 0 heterocycles. The summed E-state index contributed by atoms with van der Waals surface area (Å²) >= 11 is 1.78. The molecule has 0 atom stereocenters. The monoisotopic (exact) mass is 337 g/mol. The molecule has 0 unspecified atom stereocenters. The van der Waals surface area contributed by atoms with Crippen LogP contribution in [0.5, 0.6) is 5.75 Å². The maximum Gasteiger partial charge on any atom is 0.341 e. The topological polar surface area (TPSA) is 78.7 Å². The summed E-state index contributed by atoms with van der Waals surface area (Å²) in [6, 6.07) is 2.57. The average molecular weight is 337 g/mol. The van der Waals surface area contributed by atoms with Gasteiger partial charge in [0, 0.05) is 0 Å². The third-order valence-corrected chi connectivity index (χ3v) is 2.73. The molecular formula is C9H8INO5. The third kappa shape index (κ3) is 2.40. The highest BCUT2D eigenvalue weighted by atomic mass is 127. The summed E-state index contributed by atoms with van der Waals surface area (Å²) in [5.74, 6) is -0.469. The molecule has 0 saturated heterocycles. The molecule has 0 aromatic heterocycles. The number of methoxy groups -OCH3 is 2. The zero-order valence-electron chi connectivity index (χ0n) is 8.52. The second-order valence-corrected chi connectivity index (χ2v) is 3.91. The molecule has 0 bridgehead atoms. The lowest BCUT2D eigenvalue weighted by Crippen LogP contribution is -2.06. The Morgan fingerprint density at radius 3 is 2.50 bits per heavy atom. The summed E-state index contributed by atoms with van der Waals surface area (Å²) < 4.78 is 9.80. The summed E-state index contributed by atoms with van der Waals surface area (Å²) in [5, 5.41) is 10.7. The van der Waals surface area contributed by atoms with Crippen molar-refractivity contribution in [2.45, 2.75) is 0 Å². The van der Waals surface area contributed by atoms with Gasteiger partial charge in [0.05, 0.1) is 28.8 Å². The van der Waals surface area contributed by atoms with E-state index in [9.17, 15) is 14.9 Å². The van der Waals surface area contributed by atoms with Crippen molar-refractivity contribution in [2.75, 3.05) is 14.2 Å². The molecular weight excluding hydrogens is 329 g/mol. The van der Waals surface area contributed by atoms with E-state index in [1.54, 1.807) is 22.6 Å². The van der Waals surface area contributed by atoms with Crippen molar-refractivity contribution >= 4 is 34.2 Å². The van der Waals surface area contributed by atoms with Gasteiger partial charge in [-0.25, -0.2) is 4.79 Å². The van der Waals surface area contributed by atoms with E-state index in [-0.39, 0.29) is 17.0 Å². The minimum atomic E-state index is -0.593. The zero-order chi connectivity index (χ0) is 12.3. The normalized spacial score (nSPS) is 9.69. The van der Waals surface area contributed by atoms with Gasteiger partial charge in [-0.05, 0) is 28.7 Å². The minimum Gasteiger partial charge on any atom is -0.496 e. The number of halogens is 1. The molecule has 0 saturated carbocycles. The Kier molecular flexibility index (Phi) is 4.05. The van der Waals surface area contributed by atoms with Crippen LogP contribution < -0.4 is 4.74 Å². The molecule has 16 heavy (non-hydrogen) atoms. The van der Waals surface area contributed by atoms with E-state index < -0.39 is 10.9 Å². The quantitative estimate of drug-likeness (QED) is 0.365. The van der Waals surface area contributed by atoms with Crippen molar-refractivity contribution in [2.24, 2.45) is 0 Å². The molecule has 1 rings (SSSR count). The highest BCUT2D eigenvalue weighted by Gasteiger charge is 2.21. The lowest BCUT2D eigenvalue weighted by Gasteiger charge is -2.07. The fourth-order valence-electron chi connectivity index (χ4n) is 1.12. The number of carbonyl (C=O) groups is 1. The lowest BCUT2D eigenvalue weighted by atomic mass is 10.2. The van der Waals surface area contributed by atoms with Crippen molar-refractivity contribution in [3.8, 4) is 5.75 Å². The van der Waals surface area contributed by atoms with Crippen molar-refractivity contribution < 1.29 is 19.2 Å². The van der Waals surface area contributed by atoms with Gasteiger partial charge in [-0.15, -0.1) is 0 Å². The first kappa shape index (κ1) is 12.7. The fraction of sp³-hybridized carbons (Fsp3) is 0.222. The van der Waals surface area contributed by atoms with Gasteiger partial charge in [0.15, 0.2) is 0 Å². The van der Waals surface area contributed by atoms with Gasteiger partial charge in [-0.3, -0.25) is 10.1 Å². The predicted octanol–water partition coefficient (Wildman–Crippen LogP) is 1.99. The number of nitro groups is 1. The van der Waals surface area contributed by atoms with Gasteiger partial charge < -0.3 is 9.47 Å². The Hall–Kier alpha value is -1.38. The van der Waals surface area contributed by atoms with Gasteiger partial charge in [0.2, 0.25) is 0 Å². The summed E-state index contributed by atoms with van der Waals surface area (Å²) in [6.07, 6.45) is 0. The molecule has 0 N–H and O–H groups in total. The lowest BCUT2D eigenvalue weighted by molar-refractivity contribution is -0.385. The molecule has 86 valence electrons. The number of benzene rings is 1. The Morgan fingerprint density at radius 1 is 1.44 bits per heavy atom. The first-order valence-corrected chi connectivity index (χ1v) is 5.19. The van der Waals surface area contributed by atoms with Gasteiger partial charge in [0.1, 0.15) is 11.3 Å². The molecule has 6 nitrogen and oxygen atoms in total. The first-order chi connectivity index (χ1) is 7.51. The average Bonchev–Trinajstić information content (AvgIpc) is 2.27. The Labute approximate surface area is 105 Å². The van der Waals surface area contributed by atoms with Gasteiger partial charge >= 0.3 is 5.97 Å². The summed E-state index contributed by atoms with van der Waals surface area (Å²) in [4.78, 5) is 21.5. The van der Waals surface area contributed by atoms with E-state index in [0.29, 0.717) is 3.57 Å². The highest BCUT2D eigenvalue weighted by molar-refractivity contribution is 14.1. The van der Waals surface area contributed by atoms with Crippen molar-refractivity contribution in [1.29, 1.82) is 0 Å². The SMILES string of the molecule is COC(=O)c1cc(I)c([N+](=O)[O-])cc1OC. The molecule has 0 aliphatic heterocycles. The largest absolute Gasteiger partial charge is 0.496 e. The highest BCUT2D eigenvalue weighted by Crippen LogP contribution is 2.30. The maximum absolute atomic E-state index is 11.4. The fourth-order valence-corrected chi connectivity index (χ4v) is 1.78. The number of hydrogen-bond donors (Lipinski definition) is 0. The number of ether oxygens (including phenoxy) is 2. The zero-order valence-corrected chi connectivity index (χ0v) is 10.7. The second-order valence-electron chi connectivity index (χ2n) is 2.75. The van der Waals surface area contributed by atoms with Crippen molar-refractivity contribution in [3.63, 3.8) is 0 Å². The van der Waals surface area contributed by atoms with Crippen LogP contribution in [0.25, 0.3) is 0 Å². The molecule has 0 aliphatic rings. The molecule has 1 aromatic rings. The van der Waals surface area contributed by atoms with E-state index in [1.807, 2.05) is 0 Å². The van der Waals surface area contributed by atoms with Crippen molar-refractivity contribution in [3.05, 3.63) is 31.4 Å². The first-order valence-electron chi connectivity index (χ1n) is 4.11. The number of esters is 1. The number of hydrogen-bond acceptors (Lipinski definition) is 5. The van der Waals surface area contributed by atoms with Crippen LogP contribution in [0.1, 0.15) is 10.4 Å². The third-order valence-electron chi connectivity index (χ3n) is 1.87. The van der Waals surface area contributed by atoms with Crippen LogP contribution in [-0.4, -0.2) is 25.1 Å². The van der Waals surface area contributed by atoms with E-state index in [1.165, 1.54) is 26.4 Å². The second kappa shape index (κ2) is 5.10. The molecule has 0 aliphatic carbocycles. The molecule has 1 aromatic carbocycles. The van der Waals surface area contributed by atoms with Crippen LogP contribution in [0.15, 0.2) is 12.1 Å². The number of nitrogens with zero attached hydrogens (tertiary/aromatic N) is 1. The van der Waals surface area contributed by atoms with Crippen LogP contribution in [0.4, 0.5) is 5.69 Å². The Bertz CT molecular complexity index is 446. The van der Waals surface area contributed by atoms with Crippen LogP contribution in [0.2, 0.25) is 0 Å². The van der Waals surface area contributed by atoms with Crippen LogP contribution in [0.3, 0.4) is 0 Å². The van der Waals surface area contributed by atoms with E-state index >= 15 is 0 Å². The van der Waals surface area contributed by atoms with Crippen molar-refractivity contribution in [1.82, 2.24) is 0 Å².